The van der Waals surface area contributed by atoms with Crippen molar-refractivity contribution in [1.29, 1.82) is 0 Å². The van der Waals surface area contributed by atoms with Crippen LogP contribution in [-0.4, -0.2) is 41.1 Å². The summed E-state index contributed by atoms with van der Waals surface area (Å²) in [5.74, 6) is 0.779. The predicted octanol–water partition coefficient (Wildman–Crippen LogP) is 4.38. The fourth-order valence-corrected chi connectivity index (χ4v) is 3.72. The number of hydrogen-bond acceptors (Lipinski definition) is 5. The summed E-state index contributed by atoms with van der Waals surface area (Å²) in [6.45, 7) is 14.3. The minimum absolute atomic E-state index is 0.325. The first-order valence-electron chi connectivity index (χ1n) is 10.5. The molecule has 0 saturated heterocycles. The zero-order valence-corrected chi connectivity index (χ0v) is 20.5. The van der Waals surface area contributed by atoms with Crippen molar-refractivity contribution in [2.45, 2.75) is 66.8 Å². The van der Waals surface area contributed by atoms with Crippen LogP contribution >= 0.6 is 11.3 Å². The summed E-state index contributed by atoms with van der Waals surface area (Å²) in [7, 11) is 1.74. The first-order chi connectivity index (χ1) is 14.6. The van der Waals surface area contributed by atoms with Crippen molar-refractivity contribution in [2.24, 2.45) is 4.99 Å². The summed E-state index contributed by atoms with van der Waals surface area (Å²) >= 11 is 1.71. The van der Waals surface area contributed by atoms with Crippen LogP contribution in [0, 0.1) is 13.8 Å². The molecule has 0 aliphatic carbocycles. The average Bonchev–Trinajstić information content (AvgIpc) is 3.01. The van der Waals surface area contributed by atoms with Crippen LogP contribution in [0.15, 0.2) is 29.3 Å². The lowest BCUT2D eigenvalue weighted by Crippen LogP contribution is -2.36. The number of rotatable bonds is 7. The van der Waals surface area contributed by atoms with Gasteiger partial charge in [-0.1, -0.05) is 24.3 Å². The van der Waals surface area contributed by atoms with Gasteiger partial charge in [0.1, 0.15) is 5.60 Å². The molecule has 0 saturated carbocycles. The number of nitrogens with zero attached hydrogens (tertiary/aromatic N) is 3. The molecule has 0 spiro atoms. The van der Waals surface area contributed by atoms with Crippen LogP contribution in [0.4, 0.5) is 4.79 Å². The quantitative estimate of drug-likeness (QED) is 0.488. The van der Waals surface area contributed by atoms with E-state index in [0.29, 0.717) is 19.6 Å². The monoisotopic (exact) mass is 445 g/mol. The van der Waals surface area contributed by atoms with Crippen LogP contribution < -0.4 is 10.6 Å². The normalized spacial score (nSPS) is 11.9. The summed E-state index contributed by atoms with van der Waals surface area (Å²) in [6.07, 6.45) is -0.325. The van der Waals surface area contributed by atoms with E-state index in [1.807, 2.05) is 58.9 Å². The number of amides is 1. The standard InChI is InChI=1S/C23H35N5O2S/c1-8-24-21(26-14-20-16(2)27-17(3)31-20)25-13-18-9-11-19(12-10-18)15-28(7)22(29)30-23(4,5)6/h9-12H,8,13-15H2,1-7H3,(H2,24,25,26). The molecule has 2 aromatic rings. The highest BCUT2D eigenvalue weighted by molar-refractivity contribution is 7.11. The number of carbonyl (C=O) groups is 1. The van der Waals surface area contributed by atoms with E-state index in [9.17, 15) is 4.79 Å². The van der Waals surface area contributed by atoms with Gasteiger partial charge in [-0.05, 0) is 52.7 Å². The van der Waals surface area contributed by atoms with Crippen LogP contribution in [0.2, 0.25) is 0 Å². The predicted molar refractivity (Wildman–Crippen MR) is 127 cm³/mol. The minimum atomic E-state index is -0.497. The summed E-state index contributed by atoms with van der Waals surface area (Å²) in [5.41, 5.74) is 2.72. The molecule has 0 bridgehead atoms. The molecule has 0 unspecified atom stereocenters. The molecule has 0 fully saturated rings. The average molecular weight is 446 g/mol. The van der Waals surface area contributed by atoms with Crippen LogP contribution in [0.3, 0.4) is 0 Å². The first-order valence-corrected chi connectivity index (χ1v) is 11.4. The molecular formula is C23H35N5O2S. The van der Waals surface area contributed by atoms with E-state index in [2.05, 4.69) is 27.5 Å². The lowest BCUT2D eigenvalue weighted by Gasteiger charge is -2.24. The number of benzene rings is 1. The molecule has 7 nitrogen and oxygen atoms in total. The van der Waals surface area contributed by atoms with Crippen molar-refractivity contribution in [3.05, 3.63) is 51.0 Å². The maximum absolute atomic E-state index is 12.1. The van der Waals surface area contributed by atoms with Gasteiger partial charge in [-0.25, -0.2) is 14.8 Å². The van der Waals surface area contributed by atoms with Gasteiger partial charge in [-0.3, -0.25) is 0 Å². The number of ether oxygens (including phenoxy) is 1. The Bertz CT molecular complexity index is 884. The van der Waals surface area contributed by atoms with E-state index < -0.39 is 5.60 Å². The lowest BCUT2D eigenvalue weighted by molar-refractivity contribution is 0.0285. The van der Waals surface area contributed by atoms with Crippen molar-refractivity contribution in [3.63, 3.8) is 0 Å². The number of thiazole rings is 1. The number of aryl methyl sites for hydroxylation is 2. The van der Waals surface area contributed by atoms with Gasteiger partial charge in [0.05, 0.1) is 23.8 Å². The number of aromatic nitrogens is 1. The number of guanidine groups is 1. The fourth-order valence-electron chi connectivity index (χ4n) is 2.84. The Kier molecular flexibility index (Phi) is 8.86. The highest BCUT2D eigenvalue weighted by Crippen LogP contribution is 2.16. The fraction of sp³-hybridized carbons (Fsp3) is 0.522. The van der Waals surface area contributed by atoms with E-state index in [-0.39, 0.29) is 6.09 Å². The molecule has 31 heavy (non-hydrogen) atoms. The van der Waals surface area contributed by atoms with Crippen LogP contribution in [0.25, 0.3) is 0 Å². The molecule has 2 rings (SSSR count). The molecule has 0 radical (unpaired) electrons. The zero-order valence-electron chi connectivity index (χ0n) is 19.7. The Balaban J connectivity index is 1.92. The molecule has 2 N–H and O–H groups in total. The van der Waals surface area contributed by atoms with E-state index >= 15 is 0 Å². The van der Waals surface area contributed by atoms with Crippen molar-refractivity contribution >= 4 is 23.4 Å². The third-order valence-corrected chi connectivity index (χ3v) is 5.40. The van der Waals surface area contributed by atoms with Gasteiger partial charge in [0.2, 0.25) is 0 Å². The molecule has 1 heterocycles. The molecule has 1 aromatic carbocycles. The third-order valence-electron chi connectivity index (χ3n) is 4.33. The molecule has 0 aliphatic rings. The summed E-state index contributed by atoms with van der Waals surface area (Å²) in [5, 5.41) is 7.74. The Morgan fingerprint density at radius 2 is 1.81 bits per heavy atom. The second-order valence-electron chi connectivity index (χ2n) is 8.44. The summed E-state index contributed by atoms with van der Waals surface area (Å²) < 4.78 is 5.40. The van der Waals surface area contributed by atoms with Gasteiger partial charge in [0.25, 0.3) is 0 Å². The highest BCUT2D eigenvalue weighted by atomic mass is 32.1. The van der Waals surface area contributed by atoms with Crippen LogP contribution in [0.5, 0.6) is 0 Å². The Morgan fingerprint density at radius 1 is 1.16 bits per heavy atom. The van der Waals surface area contributed by atoms with Crippen molar-refractivity contribution in [1.82, 2.24) is 20.5 Å². The van der Waals surface area contributed by atoms with Crippen LogP contribution in [0.1, 0.15) is 54.4 Å². The lowest BCUT2D eigenvalue weighted by atomic mass is 10.1. The number of hydrogen-bond donors (Lipinski definition) is 2. The van der Waals surface area contributed by atoms with Gasteiger partial charge in [0, 0.05) is 25.0 Å². The van der Waals surface area contributed by atoms with Gasteiger partial charge in [-0.2, -0.15) is 0 Å². The Hall–Kier alpha value is -2.61. The SMILES string of the molecule is CCNC(=NCc1ccc(CN(C)C(=O)OC(C)(C)C)cc1)NCc1sc(C)nc1C. The molecule has 8 heteroatoms. The van der Waals surface area contributed by atoms with Gasteiger partial charge < -0.3 is 20.3 Å². The van der Waals surface area contributed by atoms with Crippen molar-refractivity contribution in [3.8, 4) is 0 Å². The van der Waals surface area contributed by atoms with Crippen molar-refractivity contribution in [2.75, 3.05) is 13.6 Å². The van der Waals surface area contributed by atoms with E-state index in [1.165, 1.54) is 4.88 Å². The topological polar surface area (TPSA) is 78.9 Å². The molecule has 1 aromatic heterocycles. The van der Waals surface area contributed by atoms with E-state index in [1.54, 1.807) is 23.3 Å². The number of nitrogens with one attached hydrogen (secondary N) is 2. The maximum Gasteiger partial charge on any atom is 0.410 e. The molecule has 1 amide bonds. The second kappa shape index (κ2) is 11.1. The largest absolute Gasteiger partial charge is 0.444 e. The second-order valence-corrected chi connectivity index (χ2v) is 9.73. The Morgan fingerprint density at radius 3 is 2.35 bits per heavy atom. The van der Waals surface area contributed by atoms with Gasteiger partial charge >= 0.3 is 6.09 Å². The zero-order chi connectivity index (χ0) is 23.0. The molecule has 0 aliphatic heterocycles. The van der Waals surface area contributed by atoms with Gasteiger partial charge in [-0.15, -0.1) is 11.3 Å². The smallest absolute Gasteiger partial charge is 0.410 e. The third kappa shape index (κ3) is 8.57. The summed E-state index contributed by atoms with van der Waals surface area (Å²) in [4.78, 5) is 24.1. The molecule has 170 valence electrons. The van der Waals surface area contributed by atoms with E-state index in [0.717, 1.165) is 34.3 Å². The highest BCUT2D eigenvalue weighted by Gasteiger charge is 2.19. The van der Waals surface area contributed by atoms with Crippen molar-refractivity contribution < 1.29 is 9.53 Å². The molecular weight excluding hydrogens is 410 g/mol. The van der Waals surface area contributed by atoms with E-state index in [4.69, 9.17) is 4.74 Å². The van der Waals surface area contributed by atoms with Crippen LogP contribution in [-0.2, 0) is 24.4 Å². The first kappa shape index (κ1) is 24.7. The summed E-state index contributed by atoms with van der Waals surface area (Å²) in [6, 6.07) is 8.13. The molecule has 0 atom stereocenters. The maximum atomic E-state index is 12.1. The number of carbonyl (C=O) groups excluding carboxylic acids is 1. The van der Waals surface area contributed by atoms with Gasteiger partial charge in [0.15, 0.2) is 5.96 Å². The Labute approximate surface area is 189 Å². The minimum Gasteiger partial charge on any atom is -0.444 e. The number of aliphatic imine (C=N–C) groups is 1.